The zero-order valence-corrected chi connectivity index (χ0v) is 11.1. The molecule has 0 spiro atoms. The number of rotatable bonds is 5. The topological polar surface area (TPSA) is 15.3 Å². The molecule has 1 N–H and O–H groups in total. The quantitative estimate of drug-likeness (QED) is 0.868. The average molecular weight is 254 g/mol. The number of nitrogens with one attached hydrogen (secondary N) is 1. The first kappa shape index (κ1) is 13.3. The molecule has 0 amide bonds. The lowest BCUT2D eigenvalue weighted by Gasteiger charge is -2.25. The van der Waals surface area contributed by atoms with Crippen LogP contribution in [0.15, 0.2) is 12.1 Å². The van der Waals surface area contributed by atoms with Crippen molar-refractivity contribution in [2.75, 3.05) is 11.9 Å². The van der Waals surface area contributed by atoms with Crippen molar-refractivity contribution in [3.8, 4) is 0 Å². The molecule has 1 aliphatic carbocycles. The van der Waals surface area contributed by atoms with Crippen molar-refractivity contribution in [3.63, 3.8) is 0 Å². The number of benzene rings is 1. The molecular formula is C14H20F2N2. The van der Waals surface area contributed by atoms with Crippen LogP contribution in [0.25, 0.3) is 0 Å². The summed E-state index contributed by atoms with van der Waals surface area (Å²) in [6, 6.07) is 3.44. The Morgan fingerprint density at radius 3 is 2.28 bits per heavy atom. The lowest BCUT2D eigenvalue weighted by molar-refractivity contribution is 0.561. The van der Waals surface area contributed by atoms with E-state index in [2.05, 4.69) is 5.32 Å². The third kappa shape index (κ3) is 2.99. The van der Waals surface area contributed by atoms with Crippen molar-refractivity contribution < 1.29 is 8.78 Å². The summed E-state index contributed by atoms with van der Waals surface area (Å²) < 4.78 is 27.9. The molecule has 1 fully saturated rings. The number of hydrogen-bond donors (Lipinski definition) is 1. The molecule has 0 bridgehead atoms. The maximum atomic E-state index is 14.0. The highest BCUT2D eigenvalue weighted by atomic mass is 19.1. The molecule has 100 valence electrons. The van der Waals surface area contributed by atoms with Gasteiger partial charge in [-0.25, -0.2) is 8.78 Å². The van der Waals surface area contributed by atoms with Crippen LogP contribution in [0.2, 0.25) is 0 Å². The highest BCUT2D eigenvalue weighted by Gasteiger charge is 2.21. The van der Waals surface area contributed by atoms with Gasteiger partial charge in [0, 0.05) is 25.7 Å². The monoisotopic (exact) mass is 254 g/mol. The van der Waals surface area contributed by atoms with E-state index in [1.54, 1.807) is 11.9 Å². The predicted molar refractivity (Wildman–Crippen MR) is 69.8 cm³/mol. The molecule has 0 atom stereocenters. The van der Waals surface area contributed by atoms with Crippen LogP contribution in [0.4, 0.5) is 14.5 Å². The standard InChI is InChI=1S/C14H20F2N2/c1-9(2)18(3)14-12(15)6-10(7-13(14)16)8-17-11-4-5-11/h6-7,9,11,17H,4-5,8H2,1-3H3. The first-order valence-electron chi connectivity index (χ1n) is 6.43. The van der Waals surface area contributed by atoms with Gasteiger partial charge in [0.05, 0.1) is 0 Å². The van der Waals surface area contributed by atoms with Gasteiger partial charge in [-0.1, -0.05) is 0 Å². The molecule has 4 heteroatoms. The third-order valence-electron chi connectivity index (χ3n) is 3.38. The van der Waals surface area contributed by atoms with Crippen LogP contribution in [-0.4, -0.2) is 19.1 Å². The minimum atomic E-state index is -0.487. The summed E-state index contributed by atoms with van der Waals surface area (Å²) in [7, 11) is 1.70. The van der Waals surface area contributed by atoms with E-state index in [4.69, 9.17) is 0 Å². The summed E-state index contributed by atoms with van der Waals surface area (Å²) in [6.07, 6.45) is 2.33. The van der Waals surface area contributed by atoms with Crippen molar-refractivity contribution in [1.82, 2.24) is 5.32 Å². The van der Waals surface area contributed by atoms with Crippen molar-refractivity contribution in [2.24, 2.45) is 0 Å². The first-order chi connectivity index (χ1) is 8.49. The van der Waals surface area contributed by atoms with Gasteiger partial charge in [0.15, 0.2) is 0 Å². The van der Waals surface area contributed by atoms with E-state index < -0.39 is 11.6 Å². The highest BCUT2D eigenvalue weighted by molar-refractivity contribution is 5.50. The molecule has 0 radical (unpaired) electrons. The van der Waals surface area contributed by atoms with Gasteiger partial charge < -0.3 is 10.2 Å². The molecule has 1 aromatic carbocycles. The first-order valence-corrected chi connectivity index (χ1v) is 6.43. The number of anilines is 1. The van der Waals surface area contributed by atoms with Crippen LogP contribution in [0.1, 0.15) is 32.3 Å². The van der Waals surface area contributed by atoms with Crippen molar-refractivity contribution in [1.29, 1.82) is 0 Å². The molecule has 1 aliphatic rings. The summed E-state index contributed by atoms with van der Waals surface area (Å²) >= 11 is 0. The van der Waals surface area contributed by atoms with Gasteiger partial charge in [-0.15, -0.1) is 0 Å². The van der Waals surface area contributed by atoms with E-state index in [9.17, 15) is 8.78 Å². The lowest BCUT2D eigenvalue weighted by atomic mass is 10.1. The molecule has 2 rings (SSSR count). The molecule has 0 heterocycles. The molecule has 0 aliphatic heterocycles. The Kier molecular flexibility index (Phi) is 3.85. The number of halogens is 2. The van der Waals surface area contributed by atoms with Gasteiger partial charge in [-0.2, -0.15) is 0 Å². The Hall–Kier alpha value is -1.16. The summed E-state index contributed by atoms with van der Waals surface area (Å²) in [5.74, 6) is -0.974. The Morgan fingerprint density at radius 1 is 1.28 bits per heavy atom. The maximum absolute atomic E-state index is 14.0. The second-order valence-electron chi connectivity index (χ2n) is 5.27. The van der Waals surface area contributed by atoms with E-state index >= 15 is 0 Å². The van der Waals surface area contributed by atoms with Crippen LogP contribution in [0.3, 0.4) is 0 Å². The molecule has 18 heavy (non-hydrogen) atoms. The van der Waals surface area contributed by atoms with Crippen LogP contribution in [0.5, 0.6) is 0 Å². The van der Waals surface area contributed by atoms with E-state index in [1.165, 1.54) is 25.0 Å². The Bertz CT molecular complexity index is 405. The molecule has 1 aromatic rings. The van der Waals surface area contributed by atoms with Gasteiger partial charge in [0.2, 0.25) is 0 Å². The van der Waals surface area contributed by atoms with Crippen LogP contribution >= 0.6 is 0 Å². The Balaban J connectivity index is 2.16. The summed E-state index contributed by atoms with van der Waals surface area (Å²) in [5.41, 5.74) is 0.720. The zero-order chi connectivity index (χ0) is 13.3. The maximum Gasteiger partial charge on any atom is 0.149 e. The van der Waals surface area contributed by atoms with Gasteiger partial charge in [-0.05, 0) is 44.4 Å². The zero-order valence-electron chi connectivity index (χ0n) is 11.1. The summed E-state index contributed by atoms with van der Waals surface area (Å²) in [5, 5.41) is 3.25. The average Bonchev–Trinajstić information content (AvgIpc) is 3.08. The molecule has 0 unspecified atom stereocenters. The van der Waals surface area contributed by atoms with E-state index in [1.807, 2.05) is 13.8 Å². The third-order valence-corrected chi connectivity index (χ3v) is 3.38. The highest BCUT2D eigenvalue weighted by Crippen LogP contribution is 2.26. The lowest BCUT2D eigenvalue weighted by Crippen LogP contribution is -2.28. The number of hydrogen-bond acceptors (Lipinski definition) is 2. The fourth-order valence-electron chi connectivity index (χ4n) is 1.86. The Morgan fingerprint density at radius 2 is 1.83 bits per heavy atom. The SMILES string of the molecule is CC(C)N(C)c1c(F)cc(CNC2CC2)cc1F. The summed E-state index contributed by atoms with van der Waals surface area (Å²) in [4.78, 5) is 1.61. The van der Waals surface area contributed by atoms with Crippen LogP contribution in [0, 0.1) is 11.6 Å². The molecule has 1 saturated carbocycles. The Labute approximate surface area is 107 Å². The normalized spacial score (nSPS) is 15.2. The fourth-order valence-corrected chi connectivity index (χ4v) is 1.86. The number of nitrogens with zero attached hydrogens (tertiary/aromatic N) is 1. The van der Waals surface area contributed by atoms with E-state index in [0.717, 1.165) is 0 Å². The van der Waals surface area contributed by atoms with E-state index in [-0.39, 0.29) is 11.7 Å². The van der Waals surface area contributed by atoms with Crippen molar-refractivity contribution in [2.45, 2.75) is 45.3 Å². The molecule has 2 nitrogen and oxygen atoms in total. The molecule has 0 saturated heterocycles. The smallest absolute Gasteiger partial charge is 0.149 e. The van der Waals surface area contributed by atoms with Gasteiger partial charge >= 0.3 is 0 Å². The second-order valence-corrected chi connectivity index (χ2v) is 5.27. The largest absolute Gasteiger partial charge is 0.367 e. The molecular weight excluding hydrogens is 234 g/mol. The predicted octanol–water partition coefficient (Wildman–Crippen LogP) is 3.06. The fraction of sp³-hybridized carbons (Fsp3) is 0.571. The van der Waals surface area contributed by atoms with Gasteiger partial charge in [0.25, 0.3) is 0 Å². The van der Waals surface area contributed by atoms with Crippen LogP contribution < -0.4 is 10.2 Å². The van der Waals surface area contributed by atoms with Crippen molar-refractivity contribution >= 4 is 5.69 Å². The second kappa shape index (κ2) is 5.22. The minimum absolute atomic E-state index is 0.0557. The van der Waals surface area contributed by atoms with Crippen LogP contribution in [-0.2, 0) is 6.54 Å². The van der Waals surface area contributed by atoms with Gasteiger partial charge in [-0.3, -0.25) is 0 Å². The summed E-state index contributed by atoms with van der Waals surface area (Å²) in [6.45, 7) is 4.34. The van der Waals surface area contributed by atoms with Gasteiger partial charge in [0.1, 0.15) is 17.3 Å². The minimum Gasteiger partial charge on any atom is -0.367 e. The van der Waals surface area contributed by atoms with Crippen molar-refractivity contribution in [3.05, 3.63) is 29.3 Å². The molecule has 0 aromatic heterocycles. The van der Waals surface area contributed by atoms with E-state index in [0.29, 0.717) is 18.2 Å².